The summed E-state index contributed by atoms with van der Waals surface area (Å²) in [5, 5.41) is 0. The summed E-state index contributed by atoms with van der Waals surface area (Å²) in [4.78, 5) is 38.0. The normalized spacial score (nSPS) is 13.9. The molecule has 0 bridgehead atoms. The van der Waals surface area contributed by atoms with Gasteiger partial charge in [-0.2, -0.15) is 0 Å². The highest BCUT2D eigenvalue weighted by Gasteiger charge is 2.47. The Kier molecular flexibility index (Phi) is 15.7. The Morgan fingerprint density at radius 2 is 0.504 bits per heavy atom. The van der Waals surface area contributed by atoms with Gasteiger partial charge in [0.15, 0.2) is 34.9 Å². The lowest BCUT2D eigenvalue weighted by atomic mass is 9.33. The molecule has 0 unspecified atom stereocenters. The van der Waals surface area contributed by atoms with Crippen LogP contribution in [0, 0.1) is 0 Å². The Hall–Kier alpha value is -13.2. The summed E-state index contributed by atoms with van der Waals surface area (Å²) in [6, 6.07) is 88.1. The smallest absolute Gasteiger partial charge is 0.252 e. The summed E-state index contributed by atoms with van der Waals surface area (Å²) < 4.78 is 94.6. The number of aromatic nitrogens is 6. The molecule has 2 aliphatic heterocycles. The quantitative estimate of drug-likeness (QED) is 0.106. The van der Waals surface area contributed by atoms with E-state index in [4.69, 9.17) is 32.6 Å². The highest BCUT2D eigenvalue weighted by Crippen LogP contribution is 2.56. The first kappa shape index (κ1) is 62.3. The average Bonchev–Trinajstić information content (AvgIpc) is 0.682. The van der Waals surface area contributed by atoms with Crippen LogP contribution in [-0.4, -0.2) is 36.6 Å². The lowest BCUT2D eigenvalue weighted by Crippen LogP contribution is -2.61. The van der Waals surface area contributed by atoms with E-state index in [0.717, 1.165) is 94.3 Å². The van der Waals surface area contributed by atoms with E-state index in [1.807, 2.05) is 194 Å². The molecule has 2 aromatic heterocycles. The second-order valence-corrected chi connectivity index (χ2v) is 34.0. The van der Waals surface area contributed by atoms with Crippen molar-refractivity contribution in [1.82, 2.24) is 29.9 Å². The maximum atomic E-state index is 9.85. The Labute approximate surface area is 691 Å². The number of hydrogen-bond donors (Lipinski definition) is 0. The van der Waals surface area contributed by atoms with E-state index in [1.165, 1.54) is 0 Å². The molecular formula is C106H91BN8. The van der Waals surface area contributed by atoms with Crippen LogP contribution in [0.2, 0.25) is 0 Å². The Bertz CT molecular complexity index is 6430. The SMILES string of the molecule is [2H]c1c([2H])c([2H])c(-c2ccc3c(c2)N(c2c(-c4ccccc4)cc(C(C)(C)C)cc2-c2nc(-c4ccccc4)nc(-c4ccccc4)n2)c2cc(-c4cc(C(C)(C)C)cc(C(C)(C)C)c4)cc4c2B3c2ccc(-c3c([2H])c([2H])c([2H])c([2H])c3[2H])cc2N4c2c(-c3ccccc3)cc(C(C)(C)C)cc2-c2nc(-c3ccccc3)nc(-c3ccccc3)n2)c([2H])c1[2H]. The predicted octanol–water partition coefficient (Wildman–Crippen LogP) is 25.7. The van der Waals surface area contributed by atoms with Gasteiger partial charge in [-0.15, -0.1) is 0 Å². The highest BCUT2D eigenvalue weighted by atomic mass is 15.2. The number of anilines is 6. The van der Waals surface area contributed by atoms with Crippen LogP contribution in [0.15, 0.2) is 333 Å². The van der Waals surface area contributed by atoms with E-state index in [1.54, 1.807) is 0 Å². The van der Waals surface area contributed by atoms with E-state index in [0.29, 0.717) is 91.3 Å². The lowest BCUT2D eigenvalue weighted by molar-refractivity contribution is 0.569. The van der Waals surface area contributed by atoms with Crippen LogP contribution >= 0.6 is 0 Å². The molecule has 9 heteroatoms. The first-order valence-electron chi connectivity index (χ1n) is 44.3. The standard InChI is InChI=1S/C106H91BN8/c1-103(2,3)80-57-78(58-81(63-80)104(4,5)6)79-61-92-94-93(62-79)115(96-85(71-43-27-16-28-44-71)65-83(106(10,11)12)67-87(96)102-112-99(74-49-33-19-34-50-74)109-100(113-102)75-51-35-20-36-52-75)91-60-77(69-39-23-14-24-40-69)54-56-89(91)107(94)88-55-53-76(68-37-21-13-22-38-68)59-90(88)114(92)95-84(70-41-25-15-26-42-70)64-82(105(7,8)9)66-86(95)101-110-97(72-45-29-17-30-46-72)108-98(111-101)73-47-31-18-32-48-73/h13-67H,1-12H3/i13D,14D,21D,22D,23D,24D,37D,38D,39D,40D. The van der Waals surface area contributed by atoms with Crippen molar-refractivity contribution >= 4 is 57.2 Å². The lowest BCUT2D eigenvalue weighted by Gasteiger charge is -2.46. The zero-order valence-corrected chi connectivity index (χ0v) is 66.6. The van der Waals surface area contributed by atoms with E-state index in [9.17, 15) is 11.0 Å². The molecule has 0 N–H and O–H groups in total. The number of rotatable bonds is 13. The Morgan fingerprint density at radius 3 is 0.817 bits per heavy atom. The van der Waals surface area contributed by atoms with Crippen molar-refractivity contribution in [2.45, 2.75) is 105 Å². The molecule has 0 saturated heterocycles. The summed E-state index contributed by atoms with van der Waals surface area (Å²) in [6.07, 6.45) is 0. The molecule has 115 heavy (non-hydrogen) atoms. The van der Waals surface area contributed by atoms with Gasteiger partial charge in [0, 0.05) is 67.3 Å². The van der Waals surface area contributed by atoms with Crippen molar-refractivity contribution in [2.75, 3.05) is 9.80 Å². The summed E-state index contributed by atoms with van der Waals surface area (Å²) in [5.74, 6) is 2.43. The van der Waals surface area contributed by atoms with Gasteiger partial charge < -0.3 is 9.80 Å². The van der Waals surface area contributed by atoms with E-state index in [-0.39, 0.29) is 46.1 Å². The van der Waals surface area contributed by atoms with Crippen molar-refractivity contribution < 1.29 is 13.7 Å². The number of fused-ring (bicyclic) bond motifs is 4. The van der Waals surface area contributed by atoms with Crippen LogP contribution < -0.4 is 26.2 Å². The molecule has 16 aromatic rings. The van der Waals surface area contributed by atoms with Crippen molar-refractivity contribution in [2.24, 2.45) is 0 Å². The maximum absolute atomic E-state index is 9.85. The van der Waals surface area contributed by atoms with Crippen LogP contribution in [0.5, 0.6) is 0 Å². The van der Waals surface area contributed by atoms with Gasteiger partial charge in [-0.1, -0.05) is 368 Å². The van der Waals surface area contributed by atoms with Crippen molar-refractivity contribution in [1.29, 1.82) is 0 Å². The van der Waals surface area contributed by atoms with Crippen molar-refractivity contribution in [3.05, 3.63) is 356 Å². The topological polar surface area (TPSA) is 83.8 Å². The van der Waals surface area contributed by atoms with Crippen LogP contribution in [0.1, 0.15) is 119 Å². The predicted molar refractivity (Wildman–Crippen MR) is 482 cm³/mol. The molecular weight excluding hydrogens is 1400 g/mol. The maximum Gasteiger partial charge on any atom is 0.252 e. The molecule has 0 saturated carbocycles. The fraction of sp³-hybridized carbons (Fsp3) is 0.151. The fourth-order valence-electron chi connectivity index (χ4n) is 15.9. The second-order valence-electron chi connectivity index (χ2n) is 34.0. The van der Waals surface area contributed by atoms with Gasteiger partial charge in [0.1, 0.15) is 0 Å². The third kappa shape index (κ3) is 14.0. The molecule has 0 atom stereocenters. The van der Waals surface area contributed by atoms with Crippen LogP contribution in [0.4, 0.5) is 34.1 Å². The summed E-state index contributed by atoms with van der Waals surface area (Å²) in [7, 11) is 0. The van der Waals surface area contributed by atoms with Crippen LogP contribution in [0.25, 0.3) is 124 Å². The zero-order valence-electron chi connectivity index (χ0n) is 76.6. The van der Waals surface area contributed by atoms with Crippen LogP contribution in [0.3, 0.4) is 0 Å². The summed E-state index contributed by atoms with van der Waals surface area (Å²) in [6.45, 7) is 25.8. The molecule has 2 aliphatic rings. The van der Waals surface area contributed by atoms with Crippen LogP contribution in [-0.2, 0) is 21.7 Å². The Morgan fingerprint density at radius 1 is 0.235 bits per heavy atom. The van der Waals surface area contributed by atoms with Gasteiger partial charge in [-0.3, -0.25) is 0 Å². The number of benzene rings is 14. The number of hydrogen-bond acceptors (Lipinski definition) is 8. The third-order valence-electron chi connectivity index (χ3n) is 22.1. The molecule has 14 aromatic carbocycles. The first-order chi connectivity index (χ1) is 59.7. The summed E-state index contributed by atoms with van der Waals surface area (Å²) >= 11 is 0. The number of nitrogens with zero attached hydrogens (tertiary/aromatic N) is 8. The molecule has 4 heterocycles. The second kappa shape index (κ2) is 29.1. The van der Waals surface area contributed by atoms with Crippen molar-refractivity contribution in [3.8, 4) is 124 Å². The minimum Gasteiger partial charge on any atom is -0.310 e. The van der Waals surface area contributed by atoms with Gasteiger partial charge in [0.2, 0.25) is 0 Å². The summed E-state index contributed by atoms with van der Waals surface area (Å²) in [5.41, 5.74) is 18.4. The van der Waals surface area contributed by atoms with E-state index in [2.05, 4.69) is 172 Å². The molecule has 0 amide bonds. The first-order valence-corrected chi connectivity index (χ1v) is 39.3. The van der Waals surface area contributed by atoms with E-state index < -0.39 is 53.8 Å². The van der Waals surface area contributed by atoms with E-state index >= 15 is 0 Å². The highest BCUT2D eigenvalue weighted by molar-refractivity contribution is 7.00. The minimum absolute atomic E-state index is 0.000851. The zero-order chi connectivity index (χ0) is 87.8. The Balaban J connectivity index is 1.09. The van der Waals surface area contributed by atoms with Gasteiger partial charge in [0.25, 0.3) is 6.71 Å². The average molecular weight is 1500 g/mol. The fourth-order valence-corrected chi connectivity index (χ4v) is 15.9. The molecule has 558 valence electrons. The van der Waals surface area contributed by atoms with Gasteiger partial charge in [-0.25, -0.2) is 29.9 Å². The molecule has 0 spiro atoms. The molecule has 0 fully saturated rings. The van der Waals surface area contributed by atoms with Gasteiger partial charge in [-0.05, 0) is 153 Å². The monoisotopic (exact) mass is 1500 g/mol. The van der Waals surface area contributed by atoms with Gasteiger partial charge >= 0.3 is 0 Å². The molecule has 18 rings (SSSR count). The largest absolute Gasteiger partial charge is 0.310 e. The molecule has 0 aliphatic carbocycles. The van der Waals surface area contributed by atoms with Gasteiger partial charge in [0.05, 0.1) is 25.1 Å². The molecule has 0 radical (unpaired) electrons. The van der Waals surface area contributed by atoms with Crippen molar-refractivity contribution in [3.63, 3.8) is 0 Å². The molecule has 8 nitrogen and oxygen atoms in total. The third-order valence-corrected chi connectivity index (χ3v) is 22.1. The minimum atomic E-state index is -0.784.